The van der Waals surface area contributed by atoms with Gasteiger partial charge < -0.3 is 9.84 Å². The van der Waals surface area contributed by atoms with E-state index in [-0.39, 0.29) is 17.6 Å². The van der Waals surface area contributed by atoms with Crippen LogP contribution in [0.15, 0.2) is 0 Å². The molecule has 5 nitrogen and oxygen atoms in total. The Balaban J connectivity index is 2.47. The molecule has 0 aromatic rings. The lowest BCUT2D eigenvalue weighted by molar-refractivity contribution is -0.140. The van der Waals surface area contributed by atoms with Gasteiger partial charge >= 0.3 is 5.97 Å². The molecule has 0 bridgehead atoms. The van der Waals surface area contributed by atoms with Crippen molar-refractivity contribution in [2.24, 2.45) is 5.92 Å². The summed E-state index contributed by atoms with van der Waals surface area (Å²) < 4.78 is 28.3. The first-order chi connectivity index (χ1) is 6.91. The monoisotopic (exact) mass is 236 g/mol. The number of ether oxygens (including phenoxy) is 1. The van der Waals surface area contributed by atoms with Gasteiger partial charge in [0.25, 0.3) is 0 Å². The molecule has 0 aliphatic carbocycles. The summed E-state index contributed by atoms with van der Waals surface area (Å²) in [6.45, 7) is 2.00. The van der Waals surface area contributed by atoms with Crippen LogP contribution in [0.2, 0.25) is 0 Å². The van der Waals surface area contributed by atoms with Gasteiger partial charge in [-0.3, -0.25) is 4.79 Å². The number of rotatable bonds is 5. The van der Waals surface area contributed by atoms with Gasteiger partial charge in [-0.15, -0.1) is 0 Å². The SMILES string of the molecule is CC(CS(=O)(=O)CC1CCCO1)C(=O)O. The summed E-state index contributed by atoms with van der Waals surface area (Å²) in [6, 6.07) is 0. The van der Waals surface area contributed by atoms with Crippen LogP contribution in [0, 0.1) is 5.92 Å². The summed E-state index contributed by atoms with van der Waals surface area (Å²) in [5, 5.41) is 8.61. The lowest BCUT2D eigenvalue weighted by atomic mass is 10.2. The Labute approximate surface area is 89.3 Å². The number of hydrogen-bond donors (Lipinski definition) is 1. The zero-order chi connectivity index (χ0) is 11.5. The molecular formula is C9H16O5S. The van der Waals surface area contributed by atoms with Crippen LogP contribution >= 0.6 is 0 Å². The summed E-state index contributed by atoms with van der Waals surface area (Å²) in [5.41, 5.74) is 0. The van der Waals surface area contributed by atoms with E-state index in [9.17, 15) is 13.2 Å². The molecule has 1 fully saturated rings. The van der Waals surface area contributed by atoms with Crippen LogP contribution in [0.1, 0.15) is 19.8 Å². The molecule has 15 heavy (non-hydrogen) atoms. The van der Waals surface area contributed by atoms with Crippen LogP contribution in [0.4, 0.5) is 0 Å². The van der Waals surface area contributed by atoms with Gasteiger partial charge in [-0.25, -0.2) is 8.42 Å². The van der Waals surface area contributed by atoms with E-state index in [0.29, 0.717) is 6.61 Å². The average Bonchev–Trinajstić information content (AvgIpc) is 2.54. The highest BCUT2D eigenvalue weighted by Gasteiger charge is 2.26. The maximum Gasteiger partial charge on any atom is 0.307 e. The molecule has 1 rings (SSSR count). The number of carbonyl (C=O) groups is 1. The van der Waals surface area contributed by atoms with Crippen molar-refractivity contribution in [3.8, 4) is 0 Å². The fraction of sp³-hybridized carbons (Fsp3) is 0.889. The molecule has 0 aromatic heterocycles. The minimum Gasteiger partial charge on any atom is -0.481 e. The predicted molar refractivity (Wildman–Crippen MR) is 54.4 cm³/mol. The number of carboxylic acids is 1. The minimum atomic E-state index is -3.32. The van der Waals surface area contributed by atoms with Crippen molar-refractivity contribution in [2.45, 2.75) is 25.9 Å². The maximum atomic E-state index is 11.6. The Morgan fingerprint density at radius 3 is 2.73 bits per heavy atom. The lowest BCUT2D eigenvalue weighted by Gasteiger charge is -2.11. The normalized spacial score (nSPS) is 23.9. The highest BCUT2D eigenvalue weighted by Crippen LogP contribution is 2.15. The zero-order valence-electron chi connectivity index (χ0n) is 8.68. The van der Waals surface area contributed by atoms with E-state index in [1.165, 1.54) is 6.92 Å². The smallest absolute Gasteiger partial charge is 0.307 e. The van der Waals surface area contributed by atoms with Crippen LogP contribution in [-0.2, 0) is 19.4 Å². The van der Waals surface area contributed by atoms with Gasteiger partial charge in [-0.1, -0.05) is 6.92 Å². The van der Waals surface area contributed by atoms with E-state index in [2.05, 4.69) is 0 Å². The Morgan fingerprint density at radius 1 is 1.60 bits per heavy atom. The number of aliphatic carboxylic acids is 1. The standard InChI is InChI=1S/C9H16O5S/c1-7(9(10)11)5-15(12,13)6-8-3-2-4-14-8/h7-8H,2-6H2,1H3,(H,10,11). The van der Waals surface area contributed by atoms with Gasteiger partial charge in [0.2, 0.25) is 0 Å². The van der Waals surface area contributed by atoms with Gasteiger partial charge in [0.1, 0.15) is 0 Å². The minimum absolute atomic E-state index is 0.0510. The fourth-order valence-electron chi connectivity index (χ4n) is 1.58. The summed E-state index contributed by atoms with van der Waals surface area (Å²) in [7, 11) is -3.32. The van der Waals surface area contributed by atoms with Crippen LogP contribution < -0.4 is 0 Å². The quantitative estimate of drug-likeness (QED) is 0.742. The average molecular weight is 236 g/mol. The van der Waals surface area contributed by atoms with Gasteiger partial charge in [-0.05, 0) is 12.8 Å². The number of sulfone groups is 1. The third-order valence-electron chi connectivity index (χ3n) is 2.39. The van der Waals surface area contributed by atoms with Crippen LogP contribution in [0.3, 0.4) is 0 Å². The van der Waals surface area contributed by atoms with Crippen molar-refractivity contribution in [3.05, 3.63) is 0 Å². The summed E-state index contributed by atoms with van der Waals surface area (Å²) in [5.74, 6) is -2.28. The van der Waals surface area contributed by atoms with Crippen LogP contribution in [0.25, 0.3) is 0 Å². The predicted octanol–water partition coefficient (Wildman–Crippen LogP) is 0.301. The van der Waals surface area contributed by atoms with Gasteiger partial charge in [-0.2, -0.15) is 0 Å². The molecule has 2 unspecified atom stereocenters. The number of carboxylic acid groups (broad SMARTS) is 1. The topological polar surface area (TPSA) is 80.7 Å². The first-order valence-electron chi connectivity index (χ1n) is 4.95. The first kappa shape index (κ1) is 12.4. The van der Waals surface area contributed by atoms with E-state index < -0.39 is 21.7 Å². The number of hydrogen-bond acceptors (Lipinski definition) is 4. The summed E-state index contributed by atoms with van der Waals surface area (Å²) in [6.07, 6.45) is 1.39. The lowest BCUT2D eigenvalue weighted by Crippen LogP contribution is -2.28. The molecule has 0 aromatic carbocycles. The van der Waals surface area contributed by atoms with E-state index in [0.717, 1.165) is 12.8 Å². The maximum absolute atomic E-state index is 11.6. The summed E-state index contributed by atoms with van der Waals surface area (Å²) >= 11 is 0. The van der Waals surface area contributed by atoms with Crippen molar-refractivity contribution in [2.75, 3.05) is 18.1 Å². The highest BCUT2D eigenvalue weighted by atomic mass is 32.2. The fourth-order valence-corrected chi connectivity index (χ4v) is 3.45. The van der Waals surface area contributed by atoms with Crippen LogP contribution in [0.5, 0.6) is 0 Å². The molecule has 88 valence electrons. The van der Waals surface area contributed by atoms with Gasteiger partial charge in [0.15, 0.2) is 9.84 Å². The molecule has 0 saturated carbocycles. The molecule has 0 amide bonds. The molecular weight excluding hydrogens is 220 g/mol. The third kappa shape index (κ3) is 4.17. The Kier molecular flexibility index (Phi) is 4.10. The van der Waals surface area contributed by atoms with E-state index in [1.807, 2.05) is 0 Å². The first-order valence-corrected chi connectivity index (χ1v) is 6.77. The third-order valence-corrected chi connectivity index (χ3v) is 4.28. The molecule has 2 atom stereocenters. The van der Waals surface area contributed by atoms with Crippen molar-refractivity contribution in [1.29, 1.82) is 0 Å². The highest BCUT2D eigenvalue weighted by molar-refractivity contribution is 7.91. The van der Waals surface area contributed by atoms with Crippen molar-refractivity contribution < 1.29 is 23.1 Å². The Bertz CT molecular complexity index is 315. The Morgan fingerprint density at radius 2 is 2.27 bits per heavy atom. The molecule has 6 heteroatoms. The van der Waals surface area contributed by atoms with E-state index in [4.69, 9.17) is 9.84 Å². The van der Waals surface area contributed by atoms with Crippen molar-refractivity contribution in [1.82, 2.24) is 0 Å². The largest absolute Gasteiger partial charge is 0.481 e. The van der Waals surface area contributed by atoms with Crippen LogP contribution in [-0.4, -0.2) is 43.7 Å². The second-order valence-corrected chi connectivity index (χ2v) is 6.11. The molecule has 1 aliphatic rings. The van der Waals surface area contributed by atoms with Gasteiger partial charge in [0.05, 0.1) is 23.5 Å². The summed E-state index contributed by atoms with van der Waals surface area (Å²) in [4.78, 5) is 10.5. The molecule has 1 saturated heterocycles. The van der Waals surface area contributed by atoms with E-state index in [1.54, 1.807) is 0 Å². The van der Waals surface area contributed by atoms with Gasteiger partial charge in [0, 0.05) is 6.61 Å². The molecule has 1 N–H and O–H groups in total. The second-order valence-electron chi connectivity index (χ2n) is 3.95. The second kappa shape index (κ2) is 4.94. The van der Waals surface area contributed by atoms with Crippen molar-refractivity contribution in [3.63, 3.8) is 0 Å². The Hall–Kier alpha value is -0.620. The molecule has 0 spiro atoms. The molecule has 1 aliphatic heterocycles. The van der Waals surface area contributed by atoms with Crippen molar-refractivity contribution >= 4 is 15.8 Å². The zero-order valence-corrected chi connectivity index (χ0v) is 9.50. The molecule has 1 heterocycles. The van der Waals surface area contributed by atoms with E-state index >= 15 is 0 Å². The molecule has 0 radical (unpaired) electrons.